The molecule has 0 bridgehead atoms. The number of nitrogens with two attached hydrogens (primary N) is 1. The maximum atomic E-state index is 13.4. The number of carbonyl (C=O) groups is 1. The van der Waals surface area contributed by atoms with Crippen molar-refractivity contribution in [3.05, 3.63) is 51.5 Å². The minimum Gasteiger partial charge on any atom is -0.368 e. The second-order valence-electron chi connectivity index (χ2n) is 6.81. The van der Waals surface area contributed by atoms with Crippen LogP contribution in [0.15, 0.2) is 35.1 Å². The van der Waals surface area contributed by atoms with E-state index in [0.717, 1.165) is 41.5 Å². The number of anilines is 2. The molecule has 3 aromatic rings. The molecule has 154 valence electrons. The van der Waals surface area contributed by atoms with Crippen molar-refractivity contribution >= 4 is 68.3 Å². The molecule has 29 heavy (non-hydrogen) atoms. The number of aromatic amines is 1. The van der Waals surface area contributed by atoms with Gasteiger partial charge in [0.25, 0.3) is 5.91 Å². The third-order valence-corrected chi connectivity index (χ3v) is 5.70. The van der Waals surface area contributed by atoms with Gasteiger partial charge >= 0.3 is 0 Å². The minimum absolute atomic E-state index is 0. The fourth-order valence-corrected chi connectivity index (χ4v) is 4.24. The van der Waals surface area contributed by atoms with Gasteiger partial charge in [0.1, 0.15) is 11.5 Å². The molecule has 3 heterocycles. The third kappa shape index (κ3) is 4.35. The third-order valence-electron chi connectivity index (χ3n) is 4.83. The molecule has 1 amide bonds. The van der Waals surface area contributed by atoms with Crippen molar-refractivity contribution in [1.29, 1.82) is 0 Å². The lowest BCUT2D eigenvalue weighted by Gasteiger charge is -2.33. The van der Waals surface area contributed by atoms with Crippen LogP contribution in [0.3, 0.4) is 0 Å². The van der Waals surface area contributed by atoms with Crippen molar-refractivity contribution < 1.29 is 9.18 Å². The van der Waals surface area contributed by atoms with Crippen molar-refractivity contribution in [2.75, 3.05) is 23.3 Å². The number of amides is 1. The van der Waals surface area contributed by atoms with Crippen LogP contribution in [0.5, 0.6) is 0 Å². The van der Waals surface area contributed by atoms with E-state index in [0.29, 0.717) is 11.3 Å². The summed E-state index contributed by atoms with van der Waals surface area (Å²) in [7, 11) is 0. The van der Waals surface area contributed by atoms with Gasteiger partial charge in [-0.3, -0.25) is 4.79 Å². The van der Waals surface area contributed by atoms with Crippen molar-refractivity contribution in [3.8, 4) is 0 Å². The van der Waals surface area contributed by atoms with Gasteiger partial charge in [-0.2, -0.15) is 0 Å². The molecule has 6 nitrogen and oxygen atoms in total. The summed E-state index contributed by atoms with van der Waals surface area (Å²) in [4.78, 5) is 22.4. The largest absolute Gasteiger partial charge is 0.368 e. The van der Waals surface area contributed by atoms with E-state index >= 15 is 0 Å². The highest BCUT2D eigenvalue weighted by atomic mass is 79.9. The zero-order valence-corrected chi connectivity index (χ0v) is 18.4. The Bertz CT molecular complexity index is 1060. The molecule has 1 unspecified atom stereocenters. The summed E-state index contributed by atoms with van der Waals surface area (Å²) >= 11 is 9.39. The Balaban J connectivity index is 0.00000240. The highest BCUT2D eigenvalue weighted by molar-refractivity contribution is 9.10. The van der Waals surface area contributed by atoms with Gasteiger partial charge in [-0.15, -0.1) is 12.4 Å². The normalized spacial score (nSPS) is 16.6. The fraction of sp³-hybridized carbons (Fsp3) is 0.263. The first kappa shape index (κ1) is 21.8. The quantitative estimate of drug-likeness (QED) is 0.483. The Morgan fingerprint density at radius 1 is 1.45 bits per heavy atom. The number of benzene rings is 1. The van der Waals surface area contributed by atoms with Gasteiger partial charge in [0, 0.05) is 37.1 Å². The highest BCUT2D eigenvalue weighted by Gasteiger charge is 2.24. The number of rotatable bonds is 3. The zero-order chi connectivity index (χ0) is 19.8. The molecule has 1 saturated heterocycles. The lowest BCUT2D eigenvalue weighted by Crippen LogP contribution is -2.43. The molecule has 1 aromatic carbocycles. The van der Waals surface area contributed by atoms with Crippen LogP contribution in [0, 0.1) is 5.82 Å². The number of fused-ring (bicyclic) bond motifs is 1. The van der Waals surface area contributed by atoms with E-state index in [-0.39, 0.29) is 34.9 Å². The van der Waals surface area contributed by atoms with Crippen LogP contribution in [-0.4, -0.2) is 35.0 Å². The average Bonchev–Trinajstić information content (AvgIpc) is 3.06. The Morgan fingerprint density at radius 2 is 2.24 bits per heavy atom. The molecule has 1 aliphatic rings. The van der Waals surface area contributed by atoms with Crippen LogP contribution in [0.2, 0.25) is 5.02 Å². The number of halogens is 4. The van der Waals surface area contributed by atoms with Gasteiger partial charge in [0.2, 0.25) is 0 Å². The number of aromatic nitrogens is 2. The second kappa shape index (κ2) is 8.87. The Labute approximate surface area is 186 Å². The van der Waals surface area contributed by atoms with E-state index < -0.39 is 5.82 Å². The summed E-state index contributed by atoms with van der Waals surface area (Å²) in [6, 6.07) is 3.97. The molecule has 10 heteroatoms. The van der Waals surface area contributed by atoms with E-state index in [1.165, 1.54) is 18.2 Å². The SMILES string of the molecule is Cl.NC1CCCN(c2c(Br)cnc3[nH]cc(NC(=O)c4ccc(F)c(Cl)c4)c23)C1. The summed E-state index contributed by atoms with van der Waals surface area (Å²) in [6.45, 7) is 1.60. The van der Waals surface area contributed by atoms with Crippen molar-refractivity contribution in [2.24, 2.45) is 5.73 Å². The van der Waals surface area contributed by atoms with Crippen LogP contribution in [0.4, 0.5) is 15.8 Å². The molecule has 0 spiro atoms. The first-order valence-corrected chi connectivity index (χ1v) is 10.0. The van der Waals surface area contributed by atoms with Gasteiger partial charge in [-0.1, -0.05) is 11.6 Å². The molecule has 1 aliphatic heterocycles. The predicted molar refractivity (Wildman–Crippen MR) is 120 cm³/mol. The molecular weight excluding hydrogens is 484 g/mol. The average molecular weight is 503 g/mol. The summed E-state index contributed by atoms with van der Waals surface area (Å²) in [6.07, 6.45) is 5.42. The van der Waals surface area contributed by atoms with E-state index in [1.807, 2.05) is 0 Å². The highest BCUT2D eigenvalue weighted by Crippen LogP contribution is 2.39. The Morgan fingerprint density at radius 3 is 2.97 bits per heavy atom. The summed E-state index contributed by atoms with van der Waals surface area (Å²) in [5.74, 6) is -0.953. The Kier molecular flexibility index (Phi) is 6.68. The molecule has 4 rings (SSSR count). The van der Waals surface area contributed by atoms with E-state index in [9.17, 15) is 9.18 Å². The van der Waals surface area contributed by atoms with Crippen LogP contribution < -0.4 is 16.0 Å². The smallest absolute Gasteiger partial charge is 0.255 e. The molecule has 0 aliphatic carbocycles. The lowest BCUT2D eigenvalue weighted by molar-refractivity contribution is 0.102. The van der Waals surface area contributed by atoms with Gasteiger partial charge in [-0.25, -0.2) is 9.37 Å². The van der Waals surface area contributed by atoms with Gasteiger partial charge in [-0.05, 0) is 47.0 Å². The summed E-state index contributed by atoms with van der Waals surface area (Å²) < 4.78 is 14.2. The predicted octanol–water partition coefficient (Wildman–Crippen LogP) is 4.72. The molecule has 2 aromatic heterocycles. The van der Waals surface area contributed by atoms with Gasteiger partial charge in [0.15, 0.2) is 0 Å². The molecular formula is C19H19BrCl2FN5O. The maximum Gasteiger partial charge on any atom is 0.255 e. The number of hydrogen-bond donors (Lipinski definition) is 3. The standard InChI is InChI=1S/C19H18BrClFN5O.ClH/c20-12-7-24-18-16(17(12)27-5-1-2-11(23)9-27)15(8-25-18)26-19(28)10-3-4-14(22)13(21)6-10;/h3-4,6-8,11H,1-2,5,9,23H2,(H,24,25)(H,26,28);1H. The second-order valence-corrected chi connectivity index (χ2v) is 8.07. The van der Waals surface area contributed by atoms with Gasteiger partial charge < -0.3 is 20.9 Å². The molecule has 4 N–H and O–H groups in total. The number of carbonyl (C=O) groups excluding carboxylic acids is 1. The van der Waals surface area contributed by atoms with Crippen molar-refractivity contribution in [3.63, 3.8) is 0 Å². The van der Waals surface area contributed by atoms with Crippen molar-refractivity contribution in [2.45, 2.75) is 18.9 Å². The van der Waals surface area contributed by atoms with Crippen molar-refractivity contribution in [1.82, 2.24) is 9.97 Å². The Hall–Kier alpha value is -1.87. The van der Waals surface area contributed by atoms with Crippen LogP contribution in [0.1, 0.15) is 23.2 Å². The first-order chi connectivity index (χ1) is 13.4. The monoisotopic (exact) mass is 501 g/mol. The van der Waals surface area contributed by atoms with E-state index in [2.05, 4.69) is 36.1 Å². The molecule has 0 radical (unpaired) electrons. The number of H-pyrrole nitrogens is 1. The van der Waals surface area contributed by atoms with Gasteiger partial charge in [0.05, 0.1) is 26.3 Å². The van der Waals surface area contributed by atoms with Crippen LogP contribution in [-0.2, 0) is 0 Å². The summed E-state index contributed by atoms with van der Waals surface area (Å²) in [5.41, 5.74) is 8.61. The number of pyridine rings is 1. The van der Waals surface area contributed by atoms with E-state index in [1.54, 1.807) is 12.4 Å². The number of piperidine rings is 1. The molecule has 1 atom stereocenters. The number of hydrogen-bond acceptors (Lipinski definition) is 4. The topological polar surface area (TPSA) is 87.0 Å². The minimum atomic E-state index is -0.567. The van der Waals surface area contributed by atoms with Crippen LogP contribution >= 0.6 is 39.9 Å². The fourth-order valence-electron chi connectivity index (χ4n) is 3.51. The number of nitrogens with one attached hydrogen (secondary N) is 2. The number of nitrogens with zero attached hydrogens (tertiary/aromatic N) is 2. The summed E-state index contributed by atoms with van der Waals surface area (Å²) in [5, 5.41) is 3.57. The maximum absolute atomic E-state index is 13.4. The van der Waals surface area contributed by atoms with E-state index in [4.69, 9.17) is 17.3 Å². The molecule has 1 fully saturated rings. The molecule has 0 saturated carbocycles. The lowest BCUT2D eigenvalue weighted by atomic mass is 10.1. The zero-order valence-electron chi connectivity index (χ0n) is 15.2. The first-order valence-electron chi connectivity index (χ1n) is 8.86. The van der Waals surface area contributed by atoms with Crippen LogP contribution in [0.25, 0.3) is 11.0 Å².